The van der Waals surface area contributed by atoms with Crippen molar-refractivity contribution >= 4 is 29.6 Å². The lowest BCUT2D eigenvalue weighted by molar-refractivity contribution is 0.0515. The van der Waals surface area contributed by atoms with E-state index >= 15 is 0 Å². The normalized spacial score (nSPS) is 20.7. The molecule has 22 heavy (non-hydrogen) atoms. The van der Waals surface area contributed by atoms with Gasteiger partial charge in [-0.25, -0.2) is 4.79 Å². The van der Waals surface area contributed by atoms with Gasteiger partial charge in [-0.15, -0.1) is 0 Å². The maximum absolute atomic E-state index is 11.7. The second kappa shape index (κ2) is 9.93. The number of amides is 1. The average molecular weight is 349 g/mol. The third-order valence-corrected chi connectivity index (χ3v) is 6.36. The van der Waals surface area contributed by atoms with Crippen molar-refractivity contribution in [2.24, 2.45) is 11.8 Å². The number of hydrogen-bond acceptors (Lipinski definition) is 5. The zero-order valence-electron chi connectivity index (χ0n) is 14.6. The van der Waals surface area contributed by atoms with Gasteiger partial charge in [-0.1, -0.05) is 13.8 Å². The van der Waals surface area contributed by atoms with Crippen LogP contribution in [0.2, 0.25) is 0 Å². The number of thioether (sulfide) groups is 2. The molecule has 130 valence electrons. The number of carbonyl (C=O) groups is 1. The Bertz CT molecular complexity index is 327. The molecule has 2 N–H and O–H groups in total. The summed E-state index contributed by atoms with van der Waals surface area (Å²) in [5.74, 6) is 4.75. The molecule has 1 saturated heterocycles. The Balaban J connectivity index is 2.25. The van der Waals surface area contributed by atoms with Gasteiger partial charge >= 0.3 is 6.09 Å². The van der Waals surface area contributed by atoms with Crippen LogP contribution in [-0.4, -0.2) is 53.8 Å². The molecular weight excluding hydrogens is 316 g/mol. The first-order valence-electron chi connectivity index (χ1n) is 8.15. The van der Waals surface area contributed by atoms with Gasteiger partial charge in [0, 0.05) is 35.6 Å². The molecule has 0 bridgehead atoms. The second-order valence-electron chi connectivity index (χ2n) is 7.11. The van der Waals surface area contributed by atoms with Crippen molar-refractivity contribution in [3.05, 3.63) is 0 Å². The van der Waals surface area contributed by atoms with Crippen molar-refractivity contribution in [1.29, 1.82) is 0 Å². The maximum atomic E-state index is 11.7. The van der Waals surface area contributed by atoms with Crippen molar-refractivity contribution in [2.75, 3.05) is 36.9 Å². The van der Waals surface area contributed by atoms with E-state index in [1.807, 2.05) is 20.8 Å². The third-order valence-electron chi connectivity index (χ3n) is 3.51. The first-order chi connectivity index (χ1) is 10.3. The number of alkyl carbamates (subject to hydrolysis) is 1. The Morgan fingerprint density at radius 2 is 2.00 bits per heavy atom. The van der Waals surface area contributed by atoms with E-state index in [9.17, 15) is 4.79 Å². The number of hydrogen-bond donors (Lipinski definition) is 2. The molecule has 0 aromatic rings. The molecule has 0 spiro atoms. The van der Waals surface area contributed by atoms with E-state index in [2.05, 4.69) is 48.0 Å². The molecule has 2 unspecified atom stereocenters. The topological polar surface area (TPSA) is 50.4 Å². The first-order valence-corrected chi connectivity index (χ1v) is 10.3. The summed E-state index contributed by atoms with van der Waals surface area (Å²) in [5.41, 5.74) is -0.439. The zero-order valence-corrected chi connectivity index (χ0v) is 16.2. The minimum absolute atomic E-state index is 0.322. The number of carbonyl (C=O) groups excluding carboxylic acids is 1. The Kier molecular flexibility index (Phi) is 9.02. The predicted molar refractivity (Wildman–Crippen MR) is 99.0 cm³/mol. The van der Waals surface area contributed by atoms with Crippen LogP contribution < -0.4 is 10.6 Å². The molecule has 4 nitrogen and oxygen atoms in total. The average Bonchev–Trinajstić information content (AvgIpc) is 2.41. The Morgan fingerprint density at radius 3 is 2.55 bits per heavy atom. The van der Waals surface area contributed by atoms with Crippen LogP contribution in [-0.2, 0) is 4.74 Å². The van der Waals surface area contributed by atoms with E-state index in [0.717, 1.165) is 18.3 Å². The van der Waals surface area contributed by atoms with Gasteiger partial charge in [-0.05, 0) is 39.2 Å². The van der Waals surface area contributed by atoms with Crippen molar-refractivity contribution in [1.82, 2.24) is 10.6 Å². The van der Waals surface area contributed by atoms with E-state index in [1.54, 1.807) is 0 Å². The van der Waals surface area contributed by atoms with E-state index in [4.69, 9.17) is 4.74 Å². The lowest BCUT2D eigenvalue weighted by atomic mass is 9.96. The van der Waals surface area contributed by atoms with Crippen molar-refractivity contribution in [2.45, 2.75) is 45.5 Å². The summed E-state index contributed by atoms with van der Waals surface area (Å²) in [6.45, 7) is 12.7. The molecule has 1 aliphatic heterocycles. The molecule has 0 aliphatic carbocycles. The van der Waals surface area contributed by atoms with Crippen molar-refractivity contribution in [3.8, 4) is 0 Å². The first kappa shape index (κ1) is 20.0. The molecular formula is C16H32N2O2S2. The number of ether oxygens (including phenoxy) is 1. The highest BCUT2D eigenvalue weighted by Crippen LogP contribution is 2.23. The fourth-order valence-corrected chi connectivity index (χ4v) is 4.80. The van der Waals surface area contributed by atoms with E-state index < -0.39 is 5.60 Å². The minimum Gasteiger partial charge on any atom is -0.444 e. The molecule has 1 heterocycles. The van der Waals surface area contributed by atoms with Gasteiger partial charge < -0.3 is 15.4 Å². The second-order valence-corrected chi connectivity index (χ2v) is 9.67. The lowest BCUT2D eigenvalue weighted by Crippen LogP contribution is -2.41. The highest BCUT2D eigenvalue weighted by atomic mass is 32.2. The van der Waals surface area contributed by atoms with E-state index in [0.29, 0.717) is 18.4 Å². The molecule has 1 fully saturated rings. The van der Waals surface area contributed by atoms with Crippen LogP contribution in [0.4, 0.5) is 4.79 Å². The highest BCUT2D eigenvalue weighted by molar-refractivity contribution is 8.06. The summed E-state index contributed by atoms with van der Waals surface area (Å²) in [7, 11) is 0. The molecule has 1 amide bonds. The summed E-state index contributed by atoms with van der Waals surface area (Å²) in [6, 6.07) is 0. The largest absolute Gasteiger partial charge is 0.444 e. The van der Waals surface area contributed by atoms with Crippen molar-refractivity contribution in [3.63, 3.8) is 0 Å². The molecule has 0 radical (unpaired) electrons. The summed E-state index contributed by atoms with van der Waals surface area (Å²) in [4.78, 5) is 11.7. The minimum atomic E-state index is -0.439. The Hall–Kier alpha value is -0.0700. The summed E-state index contributed by atoms with van der Waals surface area (Å²) in [6.07, 6.45) is -0.322. The van der Waals surface area contributed by atoms with Crippen LogP contribution >= 0.6 is 23.5 Å². The molecule has 6 heteroatoms. The van der Waals surface area contributed by atoms with Gasteiger partial charge in [-0.3, -0.25) is 0 Å². The van der Waals surface area contributed by atoms with Crippen LogP contribution in [0.3, 0.4) is 0 Å². The fraction of sp³-hybridized carbons (Fsp3) is 0.938. The highest BCUT2D eigenvalue weighted by Gasteiger charge is 2.20. The predicted octanol–water partition coefficient (Wildman–Crippen LogP) is 3.22. The summed E-state index contributed by atoms with van der Waals surface area (Å²) < 4.78 is 5.29. The lowest BCUT2D eigenvalue weighted by Gasteiger charge is -2.26. The monoisotopic (exact) mass is 348 g/mol. The molecule has 0 aromatic heterocycles. The molecule has 2 atom stereocenters. The van der Waals surface area contributed by atoms with Gasteiger partial charge in [0.15, 0.2) is 0 Å². The van der Waals surface area contributed by atoms with E-state index in [-0.39, 0.29) is 6.09 Å². The van der Waals surface area contributed by atoms with Crippen LogP contribution in [0, 0.1) is 11.8 Å². The van der Waals surface area contributed by atoms with Crippen molar-refractivity contribution < 1.29 is 9.53 Å². The Labute approximate surface area is 144 Å². The Morgan fingerprint density at radius 1 is 1.27 bits per heavy atom. The van der Waals surface area contributed by atoms with E-state index in [1.165, 1.54) is 17.3 Å². The molecule has 1 aliphatic rings. The SMILES string of the molecule is CC(C)C(CNCC1CSCCS1)CNC(=O)OC(C)(C)C. The summed E-state index contributed by atoms with van der Waals surface area (Å²) in [5, 5.41) is 7.21. The van der Waals surface area contributed by atoms with Crippen LogP contribution in [0.25, 0.3) is 0 Å². The maximum Gasteiger partial charge on any atom is 0.407 e. The third kappa shape index (κ3) is 9.16. The standard InChI is InChI=1S/C16H32N2O2S2/c1-12(2)13(9-18-15(19)20-16(3,4)5)8-17-10-14-11-21-6-7-22-14/h12-14,17H,6-11H2,1-5H3,(H,18,19). The van der Waals surface area contributed by atoms with Gasteiger partial charge in [0.2, 0.25) is 0 Å². The fourth-order valence-electron chi connectivity index (χ4n) is 2.16. The molecule has 0 aromatic carbocycles. The molecule has 0 saturated carbocycles. The van der Waals surface area contributed by atoms with Gasteiger partial charge in [0.1, 0.15) is 5.60 Å². The van der Waals surface area contributed by atoms with Crippen LogP contribution in [0.5, 0.6) is 0 Å². The molecule has 1 rings (SSSR count). The van der Waals surface area contributed by atoms with Crippen LogP contribution in [0.1, 0.15) is 34.6 Å². The zero-order chi connectivity index (χ0) is 16.6. The van der Waals surface area contributed by atoms with Gasteiger partial charge in [0.05, 0.1) is 0 Å². The number of nitrogens with one attached hydrogen (secondary N) is 2. The van der Waals surface area contributed by atoms with Gasteiger partial charge in [-0.2, -0.15) is 23.5 Å². The van der Waals surface area contributed by atoms with Gasteiger partial charge in [0.25, 0.3) is 0 Å². The summed E-state index contributed by atoms with van der Waals surface area (Å²) >= 11 is 4.13. The quantitative estimate of drug-likeness (QED) is 0.740. The van der Waals surface area contributed by atoms with Crippen LogP contribution in [0.15, 0.2) is 0 Å². The number of rotatable bonds is 7. The smallest absolute Gasteiger partial charge is 0.407 e.